The van der Waals surface area contributed by atoms with E-state index in [-0.39, 0.29) is 55.9 Å². The van der Waals surface area contributed by atoms with Crippen molar-refractivity contribution in [2.24, 2.45) is 5.41 Å². The van der Waals surface area contributed by atoms with Crippen LogP contribution >= 0.6 is 0 Å². The van der Waals surface area contributed by atoms with Gasteiger partial charge in [-0.25, -0.2) is 0 Å². The molecule has 0 fully saturated rings. The summed E-state index contributed by atoms with van der Waals surface area (Å²) in [5, 5.41) is 3.85. The average molecular weight is 555 g/mol. The van der Waals surface area contributed by atoms with Crippen LogP contribution in [0.4, 0.5) is 19.2 Å². The minimum atomic E-state index is -0.823. The molecule has 3 radical (unpaired) electrons. The van der Waals surface area contributed by atoms with Gasteiger partial charge < -0.3 is 29.4 Å². The molecule has 2 atom stereocenters. The van der Waals surface area contributed by atoms with Gasteiger partial charge in [0.15, 0.2) is 11.6 Å². The third-order valence-electron chi connectivity index (χ3n) is 4.61. The van der Waals surface area contributed by atoms with Crippen molar-refractivity contribution in [2.75, 3.05) is 28.2 Å². The molecular formula is C21H38B2N3O7Y-. The molecule has 3 amide bonds. The largest absolute Gasteiger partial charge is 0.646 e. The van der Waals surface area contributed by atoms with Crippen molar-refractivity contribution in [1.82, 2.24) is 9.80 Å². The van der Waals surface area contributed by atoms with Gasteiger partial charge in [0.2, 0.25) is 0 Å². The average Bonchev–Trinajstić information content (AvgIpc) is 2.59. The molecule has 0 saturated heterocycles. The summed E-state index contributed by atoms with van der Waals surface area (Å²) in [6.45, 7) is 14.0. The first kappa shape index (κ1) is 37.1. The summed E-state index contributed by atoms with van der Waals surface area (Å²) in [5.74, 6) is -2.48. The van der Waals surface area contributed by atoms with Crippen LogP contribution in [-0.4, -0.2) is 99.6 Å². The summed E-state index contributed by atoms with van der Waals surface area (Å²) < 4.78 is 10.1. The van der Waals surface area contributed by atoms with Crippen LogP contribution in [0.2, 0.25) is 0 Å². The van der Waals surface area contributed by atoms with Crippen molar-refractivity contribution in [3.8, 4) is 0 Å². The van der Waals surface area contributed by atoms with Gasteiger partial charge >= 0.3 is 14.6 Å². The molecular weight excluding hydrogens is 517 g/mol. The van der Waals surface area contributed by atoms with Crippen LogP contribution in [0.3, 0.4) is 0 Å². The van der Waals surface area contributed by atoms with Gasteiger partial charge in [0.25, 0.3) is 11.7 Å². The molecule has 13 heteroatoms. The first-order valence-electron chi connectivity index (χ1n) is 10.5. The quantitative estimate of drug-likeness (QED) is 0.420. The zero-order valence-corrected chi connectivity index (χ0v) is 25.4. The molecule has 0 aliphatic rings. The molecule has 0 rings (SSSR count). The van der Waals surface area contributed by atoms with Gasteiger partial charge in [-0.15, -0.1) is 0 Å². The van der Waals surface area contributed by atoms with E-state index in [4.69, 9.17) is 9.47 Å². The topological polar surface area (TPSA) is 124 Å². The molecule has 2 unspecified atom stereocenters. The number of hydrogen-bond donors (Lipinski definition) is 0. The van der Waals surface area contributed by atoms with E-state index in [0.29, 0.717) is 0 Å². The number of carbonyl (C=O) groups is 5. The van der Waals surface area contributed by atoms with Crippen molar-refractivity contribution in [1.29, 1.82) is 0 Å². The summed E-state index contributed by atoms with van der Waals surface area (Å²) in [6.07, 6.45) is -0.837. The summed E-state index contributed by atoms with van der Waals surface area (Å²) >= 11 is 0. The molecule has 34 heavy (non-hydrogen) atoms. The van der Waals surface area contributed by atoms with Crippen molar-refractivity contribution in [2.45, 2.75) is 73.1 Å². The van der Waals surface area contributed by atoms with Crippen molar-refractivity contribution in [3.05, 3.63) is 5.32 Å². The van der Waals surface area contributed by atoms with Crippen LogP contribution in [-0.2, 0) is 47.0 Å². The third-order valence-corrected chi connectivity index (χ3v) is 4.61. The van der Waals surface area contributed by atoms with Crippen LogP contribution in [0.25, 0.3) is 5.32 Å². The van der Waals surface area contributed by atoms with E-state index < -0.39 is 29.2 Å². The Hall–Kier alpha value is -1.42. The molecule has 0 aromatic rings. The first-order valence-corrected chi connectivity index (χ1v) is 10.5. The second kappa shape index (κ2) is 16.3. The molecule has 0 spiro atoms. The van der Waals surface area contributed by atoms with E-state index >= 15 is 0 Å². The number of hydrogen-bond acceptors (Lipinski definition) is 7. The zero-order chi connectivity index (χ0) is 26.7. The fraction of sp³-hybridized carbons (Fsp3) is 0.762. The van der Waals surface area contributed by atoms with E-state index in [1.54, 1.807) is 34.9 Å². The first-order chi connectivity index (χ1) is 14.7. The number of rotatable bonds is 8. The Balaban J connectivity index is -0.000000558. The Morgan fingerprint density at radius 2 is 1.06 bits per heavy atom. The maximum absolute atomic E-state index is 11.4. The SMILES string of the molecule is CC(=O)[N-]C(C)(C)C(C)OC(=O)[B]C(=O)N(C)C.CC(OC(=O)[B]C(=O)N(C)C)C(C)(C)C.[Y]. The standard InChI is InChI=1S/C11H20BN2O4.C10H19BNO3.Y/c1-7(11(3,4)13-8(2)15)18-10(17)12-9(16)14(5)6;1-7(10(2,3)4)15-9(14)11-8(13)12(5)6;/h7H,1-6H3,(H,13,15);7H,1-6H3;/p-1. The van der Waals surface area contributed by atoms with Crippen molar-refractivity contribution >= 4 is 43.8 Å². The second-order valence-corrected chi connectivity index (χ2v) is 9.56. The number of amides is 3. The Labute approximate surface area is 231 Å². The van der Waals surface area contributed by atoms with Crippen LogP contribution in [0.5, 0.6) is 0 Å². The summed E-state index contributed by atoms with van der Waals surface area (Å²) in [5.41, 5.74) is -0.943. The van der Waals surface area contributed by atoms with Gasteiger partial charge in [0.1, 0.15) is 6.10 Å². The minimum absolute atomic E-state index is 0. The predicted octanol–water partition coefficient (Wildman–Crippen LogP) is 3.54. The molecule has 0 aliphatic carbocycles. The molecule has 0 saturated carbocycles. The Morgan fingerprint density at radius 3 is 1.32 bits per heavy atom. The fourth-order valence-electron chi connectivity index (χ4n) is 1.69. The molecule has 0 bridgehead atoms. The number of ether oxygens (including phenoxy) is 2. The summed E-state index contributed by atoms with van der Waals surface area (Å²) in [6, 6.07) is 0. The Bertz CT molecular complexity index is 711. The minimum Gasteiger partial charge on any atom is -0.646 e. The molecule has 0 aromatic carbocycles. The van der Waals surface area contributed by atoms with Crippen LogP contribution in [0.1, 0.15) is 55.4 Å². The molecule has 0 N–H and O–H groups in total. The van der Waals surface area contributed by atoms with E-state index in [2.05, 4.69) is 5.32 Å². The Kier molecular flexibility index (Phi) is 17.8. The van der Waals surface area contributed by atoms with Gasteiger partial charge in [-0.3, -0.25) is 19.2 Å². The normalized spacial score (nSPS) is 12.2. The van der Waals surface area contributed by atoms with Crippen LogP contribution in [0.15, 0.2) is 0 Å². The van der Waals surface area contributed by atoms with E-state index in [0.717, 1.165) is 14.6 Å². The summed E-state index contributed by atoms with van der Waals surface area (Å²) in [4.78, 5) is 58.7. The van der Waals surface area contributed by atoms with Crippen LogP contribution in [0, 0.1) is 5.41 Å². The van der Waals surface area contributed by atoms with Gasteiger partial charge in [-0.1, -0.05) is 40.2 Å². The smallest absolute Gasteiger partial charge is 0.377 e. The molecule has 0 aromatic heterocycles. The Morgan fingerprint density at radius 1 is 0.735 bits per heavy atom. The van der Waals surface area contributed by atoms with Gasteiger partial charge in [0.05, 0.1) is 6.10 Å². The third kappa shape index (κ3) is 17.1. The maximum atomic E-state index is 11.4. The molecule has 0 heterocycles. The molecule has 0 aliphatic heterocycles. The molecule has 10 nitrogen and oxygen atoms in total. The van der Waals surface area contributed by atoms with E-state index in [1.165, 1.54) is 30.8 Å². The van der Waals surface area contributed by atoms with Crippen molar-refractivity contribution in [3.63, 3.8) is 0 Å². The van der Waals surface area contributed by atoms with Crippen LogP contribution < -0.4 is 0 Å². The zero-order valence-electron chi connectivity index (χ0n) is 22.6. The summed E-state index contributed by atoms with van der Waals surface area (Å²) in [7, 11) is 8.05. The monoisotopic (exact) mass is 555 g/mol. The predicted molar refractivity (Wildman–Crippen MR) is 129 cm³/mol. The number of carbonyl (C=O) groups excluding carboxylic acids is 5. The van der Waals surface area contributed by atoms with Gasteiger partial charge in [-0.2, -0.15) is 0 Å². The van der Waals surface area contributed by atoms with Gasteiger partial charge in [-0.05, 0) is 26.2 Å². The van der Waals surface area contributed by atoms with E-state index in [9.17, 15) is 24.0 Å². The van der Waals surface area contributed by atoms with Gasteiger partial charge in [0, 0.05) is 66.8 Å². The molecule has 189 valence electrons. The number of nitrogens with zero attached hydrogens (tertiary/aromatic N) is 3. The fourth-order valence-corrected chi connectivity index (χ4v) is 1.69. The second-order valence-electron chi connectivity index (χ2n) is 9.56. The van der Waals surface area contributed by atoms with Crippen molar-refractivity contribution < 1.29 is 66.2 Å². The maximum Gasteiger partial charge on any atom is 0.377 e. The van der Waals surface area contributed by atoms with E-state index in [1.807, 2.05) is 27.7 Å².